The molecule has 0 bridgehead atoms. The van der Waals surface area contributed by atoms with Gasteiger partial charge in [0.2, 0.25) is 10.0 Å². The van der Waals surface area contributed by atoms with E-state index in [2.05, 4.69) is 0 Å². The molecule has 3 N–H and O–H groups in total. The Balaban J connectivity index is 2.73. The van der Waals surface area contributed by atoms with E-state index in [4.69, 9.17) is 5.73 Å². The third kappa shape index (κ3) is 2.63. The molecular formula is C7H16N2O3S. The molecule has 1 atom stereocenters. The second kappa shape index (κ2) is 3.53. The number of piperidine rings is 1. The zero-order valence-corrected chi connectivity index (χ0v) is 8.55. The fourth-order valence-corrected chi connectivity index (χ4v) is 2.46. The summed E-state index contributed by atoms with van der Waals surface area (Å²) in [6.07, 6.45) is 2.39. The molecule has 1 rings (SSSR count). The van der Waals surface area contributed by atoms with Gasteiger partial charge in [0.15, 0.2) is 0 Å². The summed E-state index contributed by atoms with van der Waals surface area (Å²) in [5.41, 5.74) is 4.35. The minimum Gasteiger partial charge on any atom is -0.387 e. The molecule has 1 heterocycles. The van der Waals surface area contributed by atoms with Gasteiger partial charge in [-0.25, -0.2) is 8.42 Å². The van der Waals surface area contributed by atoms with Crippen LogP contribution in [0.4, 0.5) is 0 Å². The van der Waals surface area contributed by atoms with Crippen LogP contribution in [0.15, 0.2) is 0 Å². The fraction of sp³-hybridized carbons (Fsp3) is 1.00. The molecule has 0 amide bonds. The van der Waals surface area contributed by atoms with E-state index in [1.54, 1.807) is 0 Å². The van der Waals surface area contributed by atoms with Gasteiger partial charge in [-0.1, -0.05) is 0 Å². The third-order valence-electron chi connectivity index (χ3n) is 2.37. The molecule has 0 aromatic heterocycles. The van der Waals surface area contributed by atoms with Gasteiger partial charge in [-0.2, -0.15) is 4.31 Å². The molecule has 1 fully saturated rings. The van der Waals surface area contributed by atoms with Crippen molar-refractivity contribution in [3.63, 3.8) is 0 Å². The molecule has 1 aliphatic rings. The highest BCUT2D eigenvalue weighted by atomic mass is 32.2. The van der Waals surface area contributed by atoms with Crippen LogP contribution in [-0.4, -0.2) is 49.3 Å². The van der Waals surface area contributed by atoms with Crippen LogP contribution in [0.5, 0.6) is 0 Å². The predicted molar refractivity (Wildman–Crippen MR) is 49.7 cm³/mol. The van der Waals surface area contributed by atoms with Crippen LogP contribution in [0, 0.1) is 0 Å². The van der Waals surface area contributed by atoms with Crippen LogP contribution in [-0.2, 0) is 10.0 Å². The van der Waals surface area contributed by atoms with E-state index in [1.807, 2.05) is 0 Å². The Bertz CT molecular complexity index is 277. The van der Waals surface area contributed by atoms with E-state index < -0.39 is 15.6 Å². The lowest BCUT2D eigenvalue weighted by Crippen LogP contribution is -2.53. The van der Waals surface area contributed by atoms with Crippen LogP contribution in [0.3, 0.4) is 0 Å². The molecule has 5 nitrogen and oxygen atoms in total. The first-order valence-corrected chi connectivity index (χ1v) is 6.10. The van der Waals surface area contributed by atoms with Crippen molar-refractivity contribution in [3.8, 4) is 0 Å². The molecule has 0 radical (unpaired) electrons. The highest BCUT2D eigenvalue weighted by molar-refractivity contribution is 7.88. The molecule has 0 saturated carbocycles. The first-order valence-electron chi connectivity index (χ1n) is 4.25. The Labute approximate surface area is 78.6 Å². The second-order valence-electron chi connectivity index (χ2n) is 3.63. The van der Waals surface area contributed by atoms with Crippen molar-refractivity contribution in [3.05, 3.63) is 0 Å². The Hall–Kier alpha value is -0.170. The third-order valence-corrected chi connectivity index (χ3v) is 3.62. The second-order valence-corrected chi connectivity index (χ2v) is 5.61. The van der Waals surface area contributed by atoms with E-state index in [0.717, 1.165) is 6.26 Å². The first kappa shape index (κ1) is 10.9. The number of nitrogens with two attached hydrogens (primary N) is 1. The van der Waals surface area contributed by atoms with Crippen molar-refractivity contribution in [1.82, 2.24) is 4.31 Å². The monoisotopic (exact) mass is 208 g/mol. The number of rotatable bonds is 2. The summed E-state index contributed by atoms with van der Waals surface area (Å²) in [6, 6.07) is 0. The number of hydrogen-bond acceptors (Lipinski definition) is 4. The Morgan fingerprint density at radius 2 is 2.23 bits per heavy atom. The van der Waals surface area contributed by atoms with Gasteiger partial charge in [-0.15, -0.1) is 0 Å². The van der Waals surface area contributed by atoms with E-state index in [-0.39, 0.29) is 13.1 Å². The van der Waals surface area contributed by atoms with Crippen LogP contribution < -0.4 is 5.73 Å². The quantitative estimate of drug-likeness (QED) is 0.593. The minimum absolute atomic E-state index is 0.110. The Morgan fingerprint density at radius 3 is 2.69 bits per heavy atom. The molecule has 78 valence electrons. The molecule has 1 aliphatic heterocycles. The van der Waals surface area contributed by atoms with E-state index in [9.17, 15) is 13.5 Å². The summed E-state index contributed by atoms with van der Waals surface area (Å²) in [5.74, 6) is 0. The molecule has 1 saturated heterocycles. The molecule has 6 heteroatoms. The van der Waals surface area contributed by atoms with Gasteiger partial charge in [0.05, 0.1) is 11.9 Å². The van der Waals surface area contributed by atoms with Gasteiger partial charge in [0.25, 0.3) is 0 Å². The van der Waals surface area contributed by atoms with Crippen LogP contribution >= 0.6 is 0 Å². The van der Waals surface area contributed by atoms with E-state index >= 15 is 0 Å². The van der Waals surface area contributed by atoms with Crippen LogP contribution in [0.25, 0.3) is 0 Å². The molecule has 0 spiro atoms. The predicted octanol–water partition coefficient (Wildman–Crippen LogP) is -1.27. The number of nitrogens with zero attached hydrogens (tertiary/aromatic N) is 1. The topological polar surface area (TPSA) is 83.6 Å². The van der Waals surface area contributed by atoms with E-state index in [1.165, 1.54) is 4.31 Å². The van der Waals surface area contributed by atoms with Crippen LogP contribution in [0.1, 0.15) is 12.8 Å². The lowest BCUT2D eigenvalue weighted by Gasteiger charge is -2.36. The summed E-state index contributed by atoms with van der Waals surface area (Å²) in [5, 5.41) is 9.78. The number of aliphatic hydroxyl groups is 1. The average molecular weight is 208 g/mol. The summed E-state index contributed by atoms with van der Waals surface area (Å²) in [7, 11) is -3.19. The highest BCUT2D eigenvalue weighted by Gasteiger charge is 2.35. The maximum absolute atomic E-state index is 11.2. The van der Waals surface area contributed by atoms with Gasteiger partial charge in [-0.05, 0) is 12.8 Å². The summed E-state index contributed by atoms with van der Waals surface area (Å²) < 4.78 is 23.6. The van der Waals surface area contributed by atoms with Gasteiger partial charge >= 0.3 is 0 Å². The summed E-state index contributed by atoms with van der Waals surface area (Å²) >= 11 is 0. The minimum atomic E-state index is -3.19. The number of hydrogen-bond donors (Lipinski definition) is 2. The lowest BCUT2D eigenvalue weighted by molar-refractivity contribution is 0.000696. The normalized spacial score (nSPS) is 31.9. The van der Waals surface area contributed by atoms with Gasteiger partial charge < -0.3 is 10.8 Å². The maximum atomic E-state index is 11.2. The number of sulfonamides is 1. The standard InChI is InChI=1S/C7H16N2O3S/c1-13(11,12)9-4-2-3-7(10,5-8)6-9/h10H,2-6,8H2,1H3. The largest absolute Gasteiger partial charge is 0.387 e. The average Bonchev–Trinajstić information content (AvgIpc) is 2.03. The first-order chi connectivity index (χ1) is 5.87. The summed E-state index contributed by atoms with van der Waals surface area (Å²) in [6.45, 7) is 0.725. The number of β-amino-alcohol motifs (C(OH)–C–C–N with tert-alkyl or cyclic N) is 1. The summed E-state index contributed by atoms with van der Waals surface area (Å²) in [4.78, 5) is 0. The molecule has 0 aliphatic carbocycles. The smallest absolute Gasteiger partial charge is 0.211 e. The van der Waals surface area contributed by atoms with Crippen molar-refractivity contribution < 1.29 is 13.5 Å². The highest BCUT2D eigenvalue weighted by Crippen LogP contribution is 2.21. The maximum Gasteiger partial charge on any atom is 0.211 e. The Kier molecular flexibility index (Phi) is 2.96. The van der Waals surface area contributed by atoms with Gasteiger partial charge in [-0.3, -0.25) is 0 Å². The van der Waals surface area contributed by atoms with Crippen molar-refractivity contribution in [1.29, 1.82) is 0 Å². The Morgan fingerprint density at radius 1 is 1.62 bits per heavy atom. The van der Waals surface area contributed by atoms with Crippen LogP contribution in [0.2, 0.25) is 0 Å². The van der Waals surface area contributed by atoms with Gasteiger partial charge in [0, 0.05) is 19.6 Å². The lowest BCUT2D eigenvalue weighted by atomic mass is 9.95. The fourth-order valence-electron chi connectivity index (χ4n) is 1.52. The zero-order chi connectivity index (χ0) is 10.1. The molecular weight excluding hydrogens is 192 g/mol. The molecule has 0 aromatic carbocycles. The van der Waals surface area contributed by atoms with Crippen molar-refractivity contribution >= 4 is 10.0 Å². The molecule has 1 unspecified atom stereocenters. The van der Waals surface area contributed by atoms with Crippen molar-refractivity contribution in [2.75, 3.05) is 25.9 Å². The SMILES string of the molecule is CS(=O)(=O)N1CCCC(O)(CN)C1. The van der Waals surface area contributed by atoms with Crippen molar-refractivity contribution in [2.45, 2.75) is 18.4 Å². The molecule has 0 aromatic rings. The van der Waals surface area contributed by atoms with Crippen molar-refractivity contribution in [2.24, 2.45) is 5.73 Å². The van der Waals surface area contributed by atoms with Gasteiger partial charge in [0.1, 0.15) is 0 Å². The van der Waals surface area contributed by atoms with E-state index in [0.29, 0.717) is 19.4 Å². The molecule has 13 heavy (non-hydrogen) atoms. The zero-order valence-electron chi connectivity index (χ0n) is 7.73.